The van der Waals surface area contributed by atoms with Gasteiger partial charge in [0.25, 0.3) is 0 Å². The smallest absolute Gasteiger partial charge is 0.336 e. The second kappa shape index (κ2) is 9.54. The number of carbonyl (C=O) groups is 3. The summed E-state index contributed by atoms with van der Waals surface area (Å²) in [5, 5.41) is 27.6. The van der Waals surface area contributed by atoms with E-state index >= 15 is 0 Å². The molecule has 0 aromatic heterocycles. The molecule has 2 aromatic carbocycles. The molecule has 3 N–H and O–H groups in total. The van der Waals surface area contributed by atoms with Crippen LogP contribution in [0.5, 0.6) is 0 Å². The lowest BCUT2D eigenvalue weighted by molar-refractivity contribution is -0.137. The molecule has 0 fully saturated rings. The van der Waals surface area contributed by atoms with Gasteiger partial charge in [0.1, 0.15) is 0 Å². The molecule has 0 amide bonds. The van der Waals surface area contributed by atoms with E-state index < -0.39 is 17.9 Å². The molecule has 30 heavy (non-hydrogen) atoms. The van der Waals surface area contributed by atoms with Crippen LogP contribution in [0.1, 0.15) is 64.6 Å². The minimum Gasteiger partial charge on any atom is -0.481 e. The van der Waals surface area contributed by atoms with Crippen LogP contribution in [-0.4, -0.2) is 44.7 Å². The van der Waals surface area contributed by atoms with Crippen LogP contribution in [0.4, 0.5) is 0 Å². The number of hydrogen-bond acceptors (Lipinski definition) is 4. The maximum Gasteiger partial charge on any atom is 0.336 e. The molecule has 0 bridgehead atoms. The average Bonchev–Trinajstić information content (AvgIpc) is 2.65. The number of carboxylic acid groups (broad SMARTS) is 3. The second-order valence-corrected chi connectivity index (χ2v) is 8.29. The summed E-state index contributed by atoms with van der Waals surface area (Å²) in [6.45, 7) is 7.45. The van der Waals surface area contributed by atoms with Gasteiger partial charge in [0.2, 0.25) is 0 Å². The Labute approximate surface area is 175 Å². The van der Waals surface area contributed by atoms with E-state index in [0.29, 0.717) is 18.7 Å². The summed E-state index contributed by atoms with van der Waals surface area (Å²) in [4.78, 5) is 35.6. The van der Waals surface area contributed by atoms with Crippen molar-refractivity contribution < 1.29 is 29.7 Å². The minimum absolute atomic E-state index is 0.0284. The van der Waals surface area contributed by atoms with E-state index in [0.717, 1.165) is 5.56 Å². The van der Waals surface area contributed by atoms with E-state index in [1.54, 1.807) is 6.07 Å². The van der Waals surface area contributed by atoms with Crippen LogP contribution >= 0.6 is 0 Å². The third-order valence-electron chi connectivity index (χ3n) is 4.82. The second-order valence-electron chi connectivity index (χ2n) is 8.29. The van der Waals surface area contributed by atoms with Crippen molar-refractivity contribution >= 4 is 17.9 Å². The van der Waals surface area contributed by atoms with Crippen molar-refractivity contribution in [2.75, 3.05) is 6.54 Å². The normalized spacial score (nSPS) is 11.5. The van der Waals surface area contributed by atoms with E-state index in [1.807, 2.05) is 17.0 Å². The Kier molecular flexibility index (Phi) is 7.34. The fourth-order valence-electron chi connectivity index (χ4n) is 3.15. The SMILES string of the molecule is CC(C)(C)c1ccc(CN(CCC(=O)O)Cc2ccc(C(=O)O)c(C(=O)O)c2)cc1. The van der Waals surface area contributed by atoms with Gasteiger partial charge in [-0.05, 0) is 34.2 Å². The molecule has 160 valence electrons. The number of rotatable bonds is 9. The van der Waals surface area contributed by atoms with Crippen molar-refractivity contribution in [1.29, 1.82) is 0 Å². The topological polar surface area (TPSA) is 115 Å². The Morgan fingerprint density at radius 3 is 1.83 bits per heavy atom. The molecule has 7 heteroatoms. The van der Waals surface area contributed by atoms with Crippen LogP contribution in [0.15, 0.2) is 42.5 Å². The summed E-state index contributed by atoms with van der Waals surface area (Å²) in [6, 6.07) is 12.3. The van der Waals surface area contributed by atoms with Gasteiger partial charge in [0, 0.05) is 19.6 Å². The number of hydrogen-bond donors (Lipinski definition) is 3. The first kappa shape index (κ1) is 23.1. The molecule has 0 spiro atoms. The van der Waals surface area contributed by atoms with E-state index in [2.05, 4.69) is 32.9 Å². The summed E-state index contributed by atoms with van der Waals surface area (Å²) >= 11 is 0. The third kappa shape index (κ3) is 6.42. The summed E-state index contributed by atoms with van der Waals surface area (Å²) in [6.07, 6.45) is -0.0565. The van der Waals surface area contributed by atoms with Gasteiger partial charge in [-0.25, -0.2) is 9.59 Å². The quantitative estimate of drug-likeness (QED) is 0.572. The Hall–Kier alpha value is -3.19. The van der Waals surface area contributed by atoms with E-state index in [9.17, 15) is 19.5 Å². The maximum atomic E-state index is 11.4. The first-order valence-corrected chi connectivity index (χ1v) is 9.60. The molecule has 0 unspecified atom stereocenters. The number of aliphatic carboxylic acids is 1. The van der Waals surface area contributed by atoms with Crippen molar-refractivity contribution in [1.82, 2.24) is 4.90 Å². The lowest BCUT2D eigenvalue weighted by Gasteiger charge is -2.23. The highest BCUT2D eigenvalue weighted by Gasteiger charge is 2.18. The van der Waals surface area contributed by atoms with Gasteiger partial charge in [0.05, 0.1) is 17.5 Å². The lowest BCUT2D eigenvalue weighted by atomic mass is 9.87. The fraction of sp³-hybridized carbons (Fsp3) is 0.348. The zero-order chi connectivity index (χ0) is 22.5. The van der Waals surface area contributed by atoms with Crippen molar-refractivity contribution in [3.63, 3.8) is 0 Å². The molecule has 0 saturated carbocycles. The van der Waals surface area contributed by atoms with Crippen LogP contribution in [0.2, 0.25) is 0 Å². The zero-order valence-electron chi connectivity index (χ0n) is 17.4. The van der Waals surface area contributed by atoms with Crippen molar-refractivity contribution in [3.8, 4) is 0 Å². The van der Waals surface area contributed by atoms with Gasteiger partial charge in [-0.1, -0.05) is 51.1 Å². The summed E-state index contributed by atoms with van der Waals surface area (Å²) in [5.41, 5.74) is 2.27. The Morgan fingerprint density at radius 1 is 0.800 bits per heavy atom. The van der Waals surface area contributed by atoms with Crippen molar-refractivity contribution in [2.45, 2.75) is 45.7 Å². The standard InChI is InChI=1S/C23H27NO6/c1-23(2,3)17-7-4-15(5-8-17)13-24(11-10-20(25)26)14-16-6-9-18(21(27)28)19(12-16)22(29)30/h4-9,12H,10-11,13-14H2,1-3H3,(H,25,26)(H,27,28)(H,29,30). The fourth-order valence-corrected chi connectivity index (χ4v) is 3.15. The van der Waals surface area contributed by atoms with E-state index in [1.165, 1.54) is 17.7 Å². The Morgan fingerprint density at radius 2 is 1.33 bits per heavy atom. The predicted molar refractivity (Wildman–Crippen MR) is 112 cm³/mol. The molecule has 0 saturated heterocycles. The van der Waals surface area contributed by atoms with Crippen LogP contribution < -0.4 is 0 Å². The molecular weight excluding hydrogens is 386 g/mol. The van der Waals surface area contributed by atoms with Crippen molar-refractivity contribution in [2.24, 2.45) is 0 Å². The molecule has 0 atom stereocenters. The number of nitrogens with zero attached hydrogens (tertiary/aromatic N) is 1. The first-order valence-electron chi connectivity index (χ1n) is 9.60. The molecule has 2 rings (SSSR count). The highest BCUT2D eigenvalue weighted by Crippen LogP contribution is 2.23. The summed E-state index contributed by atoms with van der Waals surface area (Å²) in [7, 11) is 0. The molecule has 0 aliphatic carbocycles. The Balaban J connectivity index is 2.25. The van der Waals surface area contributed by atoms with E-state index in [-0.39, 0.29) is 29.5 Å². The zero-order valence-corrected chi connectivity index (χ0v) is 17.4. The van der Waals surface area contributed by atoms with E-state index in [4.69, 9.17) is 10.2 Å². The molecule has 7 nitrogen and oxygen atoms in total. The molecule has 0 radical (unpaired) electrons. The monoisotopic (exact) mass is 413 g/mol. The minimum atomic E-state index is -1.32. The highest BCUT2D eigenvalue weighted by atomic mass is 16.4. The maximum absolute atomic E-state index is 11.4. The predicted octanol–water partition coefficient (Wildman–Crippen LogP) is 3.86. The van der Waals surface area contributed by atoms with Crippen LogP contribution in [-0.2, 0) is 23.3 Å². The van der Waals surface area contributed by atoms with Gasteiger partial charge in [0.15, 0.2) is 0 Å². The first-order chi connectivity index (χ1) is 14.0. The van der Waals surface area contributed by atoms with Gasteiger partial charge < -0.3 is 15.3 Å². The van der Waals surface area contributed by atoms with Gasteiger partial charge in [-0.15, -0.1) is 0 Å². The average molecular weight is 413 g/mol. The van der Waals surface area contributed by atoms with Gasteiger partial charge in [-0.2, -0.15) is 0 Å². The number of aromatic carboxylic acids is 2. The van der Waals surface area contributed by atoms with Crippen LogP contribution in [0.25, 0.3) is 0 Å². The lowest BCUT2D eigenvalue weighted by Crippen LogP contribution is -2.26. The third-order valence-corrected chi connectivity index (χ3v) is 4.82. The van der Waals surface area contributed by atoms with Crippen molar-refractivity contribution in [3.05, 3.63) is 70.3 Å². The molecule has 0 heterocycles. The molecule has 2 aromatic rings. The molecule has 0 aliphatic rings. The highest BCUT2D eigenvalue weighted by molar-refractivity contribution is 6.01. The van der Waals surface area contributed by atoms with Gasteiger partial charge in [-0.3, -0.25) is 9.69 Å². The van der Waals surface area contributed by atoms with Crippen LogP contribution in [0, 0.1) is 0 Å². The number of benzene rings is 2. The van der Waals surface area contributed by atoms with Crippen LogP contribution in [0.3, 0.4) is 0 Å². The Bertz CT molecular complexity index is 928. The van der Waals surface area contributed by atoms with Gasteiger partial charge >= 0.3 is 17.9 Å². The summed E-state index contributed by atoms with van der Waals surface area (Å²) in [5.74, 6) is -3.54. The largest absolute Gasteiger partial charge is 0.481 e. The number of carboxylic acids is 3. The molecule has 0 aliphatic heterocycles. The molecular formula is C23H27NO6. The summed E-state index contributed by atoms with van der Waals surface area (Å²) < 4.78 is 0.